The lowest BCUT2D eigenvalue weighted by Gasteiger charge is -2.17. The molecule has 0 aliphatic heterocycles. The summed E-state index contributed by atoms with van der Waals surface area (Å²) in [4.78, 5) is 62.4. The molecule has 1 rings (SSSR count). The summed E-state index contributed by atoms with van der Waals surface area (Å²) < 4.78 is 63.5. The third-order valence-corrected chi connectivity index (χ3v) is 3.30. The number of carbonyl (C=O) groups is 4. The summed E-state index contributed by atoms with van der Waals surface area (Å²) in [6.45, 7) is 0.263. The van der Waals surface area contributed by atoms with Crippen LogP contribution in [-0.2, 0) is 30.4 Å². The molecule has 0 saturated heterocycles. The Balaban J connectivity index is 0. The van der Waals surface area contributed by atoms with Crippen molar-refractivity contribution in [1.82, 2.24) is 20.6 Å². The van der Waals surface area contributed by atoms with Gasteiger partial charge in [-0.1, -0.05) is 0 Å². The summed E-state index contributed by atoms with van der Waals surface area (Å²) >= 11 is 0. The van der Waals surface area contributed by atoms with Crippen molar-refractivity contribution in [3.05, 3.63) is 28.3 Å². The van der Waals surface area contributed by atoms with Crippen LogP contribution in [0, 0.1) is 10.1 Å². The van der Waals surface area contributed by atoms with Crippen LogP contribution in [0.15, 0.2) is 12.5 Å². The van der Waals surface area contributed by atoms with Crippen LogP contribution in [0.5, 0.6) is 0 Å². The van der Waals surface area contributed by atoms with E-state index in [2.05, 4.69) is 25.4 Å². The lowest BCUT2D eigenvalue weighted by atomic mass is 10.1. The van der Waals surface area contributed by atoms with Crippen LogP contribution < -0.4 is 16.4 Å². The first kappa shape index (κ1) is 35.0. The first-order valence-corrected chi connectivity index (χ1v) is 9.53. The van der Waals surface area contributed by atoms with Crippen molar-refractivity contribution in [2.45, 2.75) is 37.7 Å². The highest BCUT2D eigenvalue weighted by Crippen LogP contribution is 2.13. The average Bonchev–Trinajstić information content (AvgIpc) is 3.25. The van der Waals surface area contributed by atoms with Gasteiger partial charge < -0.3 is 36.4 Å². The van der Waals surface area contributed by atoms with E-state index in [1.807, 2.05) is 0 Å². The second-order valence-corrected chi connectivity index (χ2v) is 6.25. The molecule has 1 heterocycles. The molecule has 0 saturated carbocycles. The van der Waals surface area contributed by atoms with E-state index in [0.29, 0.717) is 5.69 Å². The van der Waals surface area contributed by atoms with Gasteiger partial charge in [0.25, 0.3) is 5.09 Å². The van der Waals surface area contributed by atoms with Gasteiger partial charge in [-0.15, -0.1) is 10.1 Å². The Bertz CT molecular complexity index is 840. The molecule has 37 heavy (non-hydrogen) atoms. The predicted molar refractivity (Wildman–Crippen MR) is 106 cm³/mol. The van der Waals surface area contributed by atoms with Crippen LogP contribution in [0.2, 0.25) is 0 Å². The van der Waals surface area contributed by atoms with Crippen LogP contribution in [0.4, 0.5) is 26.3 Å². The minimum atomic E-state index is -5.08. The smallest absolute Gasteiger partial charge is 0.475 e. The van der Waals surface area contributed by atoms with Crippen molar-refractivity contribution < 1.29 is 65.7 Å². The number of aliphatic carboxylic acids is 2. The van der Waals surface area contributed by atoms with Crippen molar-refractivity contribution in [2.24, 2.45) is 5.73 Å². The molecule has 0 radical (unpaired) electrons. The Labute approximate surface area is 202 Å². The molecule has 212 valence electrons. The number of aromatic nitrogens is 2. The molecule has 0 aliphatic carbocycles. The number of nitrogens with two attached hydrogens (primary N) is 1. The molecule has 0 aromatic carbocycles. The van der Waals surface area contributed by atoms with Crippen LogP contribution in [0.1, 0.15) is 18.5 Å². The first-order valence-electron chi connectivity index (χ1n) is 9.53. The monoisotopic (exact) mass is 556 g/mol. The molecule has 0 aliphatic rings. The Morgan fingerprint density at radius 1 is 1.14 bits per heavy atom. The highest BCUT2D eigenvalue weighted by molar-refractivity contribution is 5.87. The Morgan fingerprint density at radius 3 is 2.03 bits per heavy atom. The van der Waals surface area contributed by atoms with Crippen LogP contribution in [0.25, 0.3) is 0 Å². The fourth-order valence-electron chi connectivity index (χ4n) is 1.77. The van der Waals surface area contributed by atoms with Gasteiger partial charge in [-0.25, -0.2) is 14.6 Å². The predicted octanol–water partition coefficient (Wildman–Crippen LogP) is -0.233. The lowest BCUT2D eigenvalue weighted by Crippen LogP contribution is -2.48. The third kappa shape index (κ3) is 19.8. The van der Waals surface area contributed by atoms with Gasteiger partial charge in [-0.3, -0.25) is 9.59 Å². The van der Waals surface area contributed by atoms with E-state index >= 15 is 0 Å². The summed E-state index contributed by atoms with van der Waals surface area (Å²) in [5.74, 6) is -6.24. The molecule has 1 atom stereocenters. The lowest BCUT2D eigenvalue weighted by molar-refractivity contribution is -0.757. The number of amides is 2. The second kappa shape index (κ2) is 17.3. The van der Waals surface area contributed by atoms with Gasteiger partial charge in [0.1, 0.15) is 6.04 Å². The van der Waals surface area contributed by atoms with E-state index in [0.717, 1.165) is 0 Å². The zero-order valence-electron chi connectivity index (χ0n) is 18.5. The number of imidazole rings is 1. The summed E-state index contributed by atoms with van der Waals surface area (Å²) in [6, 6.07) is -0.786. The Hall–Kier alpha value is -4.17. The maximum atomic E-state index is 12.1. The molecule has 0 unspecified atom stereocenters. The largest absolute Gasteiger partial charge is 0.490 e. The number of hydrogen-bond acceptors (Lipinski definition) is 9. The van der Waals surface area contributed by atoms with Gasteiger partial charge in [0.05, 0.1) is 12.9 Å². The number of carboxylic acids is 2. The van der Waals surface area contributed by atoms with Gasteiger partial charge in [0, 0.05) is 37.8 Å². The number of alkyl halides is 6. The number of nitrogens with zero attached hydrogens (tertiary/aromatic N) is 2. The van der Waals surface area contributed by atoms with E-state index in [-0.39, 0.29) is 44.9 Å². The van der Waals surface area contributed by atoms with E-state index < -0.39 is 41.3 Å². The number of aromatic amines is 1. The molecule has 15 nitrogen and oxygen atoms in total. The van der Waals surface area contributed by atoms with E-state index in [1.165, 1.54) is 6.33 Å². The summed E-state index contributed by atoms with van der Waals surface area (Å²) in [5, 5.41) is 28.5. The SMILES string of the molecule is NCCC(=O)N[C@@H](Cc1cnc[nH]1)C(=O)NCCCO[N+](=O)[O-].O=C(O)C(F)(F)F.O=C(O)C(F)(F)F. The summed E-state index contributed by atoms with van der Waals surface area (Å²) in [6.07, 6.45) is -6.50. The third-order valence-electron chi connectivity index (χ3n) is 3.30. The van der Waals surface area contributed by atoms with E-state index in [4.69, 9.17) is 25.5 Å². The average molecular weight is 556 g/mol. The van der Waals surface area contributed by atoms with Gasteiger partial charge in [-0.05, 0) is 6.42 Å². The van der Waals surface area contributed by atoms with Gasteiger partial charge in [0.15, 0.2) is 0 Å². The van der Waals surface area contributed by atoms with Gasteiger partial charge in [0.2, 0.25) is 11.8 Å². The van der Waals surface area contributed by atoms with Crippen LogP contribution in [-0.4, -0.2) is 87.1 Å². The van der Waals surface area contributed by atoms with Crippen molar-refractivity contribution in [3.63, 3.8) is 0 Å². The molecule has 0 fully saturated rings. The number of hydrogen-bond donors (Lipinski definition) is 6. The normalized spacial score (nSPS) is 11.4. The fraction of sp³-hybridized carbons (Fsp3) is 0.562. The molecule has 0 spiro atoms. The molecular formula is C16H22F6N6O9. The molecule has 21 heteroatoms. The number of rotatable bonds is 11. The first-order chi connectivity index (χ1) is 16.9. The molecule has 1 aromatic heterocycles. The summed E-state index contributed by atoms with van der Waals surface area (Å²) in [5.41, 5.74) is 6.00. The summed E-state index contributed by atoms with van der Waals surface area (Å²) in [7, 11) is 0. The van der Waals surface area contributed by atoms with Crippen molar-refractivity contribution in [3.8, 4) is 0 Å². The van der Waals surface area contributed by atoms with Crippen molar-refractivity contribution in [2.75, 3.05) is 19.7 Å². The highest BCUT2D eigenvalue weighted by atomic mass is 19.4. The molecule has 7 N–H and O–H groups in total. The van der Waals surface area contributed by atoms with Crippen LogP contribution in [0.3, 0.4) is 0 Å². The quantitative estimate of drug-likeness (QED) is 0.0900. The number of carbonyl (C=O) groups excluding carboxylic acids is 2. The van der Waals surface area contributed by atoms with Gasteiger partial charge in [-0.2, -0.15) is 26.3 Å². The van der Waals surface area contributed by atoms with Crippen LogP contribution >= 0.6 is 0 Å². The Morgan fingerprint density at radius 2 is 1.65 bits per heavy atom. The van der Waals surface area contributed by atoms with Crippen molar-refractivity contribution in [1.29, 1.82) is 0 Å². The van der Waals surface area contributed by atoms with E-state index in [9.17, 15) is 46.0 Å². The minimum absolute atomic E-state index is 0.113. The molecule has 1 aromatic rings. The molecule has 2 amide bonds. The van der Waals surface area contributed by atoms with Crippen molar-refractivity contribution >= 4 is 23.8 Å². The molecular weight excluding hydrogens is 534 g/mol. The maximum Gasteiger partial charge on any atom is 0.490 e. The standard InChI is InChI=1S/C12H20N6O5.2C2HF3O2/c13-3-2-11(19)17-10(6-9-7-14-8-16-9)12(20)15-4-1-5-23-18(21)22;2*3-2(4,5)1(6)7/h7-8,10H,1-6,13H2,(H,14,16)(H,15,20)(H,17,19);2*(H,6,7)/t10-;;/m0../s1. The maximum absolute atomic E-state index is 12.1. The number of carboxylic acid groups (broad SMARTS) is 2. The van der Waals surface area contributed by atoms with E-state index in [1.54, 1.807) is 6.20 Å². The number of nitrogens with one attached hydrogen (secondary N) is 3. The second-order valence-electron chi connectivity index (χ2n) is 6.25. The fourth-order valence-corrected chi connectivity index (χ4v) is 1.77. The minimum Gasteiger partial charge on any atom is -0.475 e. The number of H-pyrrole nitrogens is 1. The topological polar surface area (TPSA) is 240 Å². The zero-order chi connectivity index (χ0) is 29.2. The molecule has 0 bridgehead atoms. The Kier molecular flexibility index (Phi) is 16.4. The zero-order valence-corrected chi connectivity index (χ0v) is 18.5. The van der Waals surface area contributed by atoms with Gasteiger partial charge >= 0.3 is 24.3 Å². The number of halogens is 6. The highest BCUT2D eigenvalue weighted by Gasteiger charge is 2.38.